The summed E-state index contributed by atoms with van der Waals surface area (Å²) in [7, 11) is 0. The number of ether oxygens (including phenoxy) is 2. The quantitative estimate of drug-likeness (QED) is 0.764. The Labute approximate surface area is 146 Å². The standard InChI is InChI=1S/C18H24N2O3S/c1-11(2)9-10-22-17(21)12(3)23-15-7-5-14(6-8-15)16-13(4)24-18(19)20-16/h5-8,11-12H,9-10H2,1-4H3,(H2,19,20). The summed E-state index contributed by atoms with van der Waals surface area (Å²) in [6.45, 7) is 8.29. The molecular formula is C18H24N2O3S. The van der Waals surface area contributed by atoms with Gasteiger partial charge in [-0.2, -0.15) is 0 Å². The molecule has 0 bridgehead atoms. The van der Waals surface area contributed by atoms with Gasteiger partial charge in [-0.1, -0.05) is 13.8 Å². The molecule has 6 heteroatoms. The van der Waals surface area contributed by atoms with E-state index < -0.39 is 6.10 Å². The van der Waals surface area contributed by atoms with Crippen LogP contribution in [-0.4, -0.2) is 23.7 Å². The molecule has 1 atom stereocenters. The monoisotopic (exact) mass is 348 g/mol. The minimum Gasteiger partial charge on any atom is -0.479 e. The third-order valence-electron chi connectivity index (χ3n) is 3.53. The van der Waals surface area contributed by atoms with E-state index in [0.29, 0.717) is 23.4 Å². The normalized spacial score (nSPS) is 12.2. The Morgan fingerprint density at radius 3 is 2.46 bits per heavy atom. The van der Waals surface area contributed by atoms with Crippen molar-refractivity contribution in [2.24, 2.45) is 5.92 Å². The zero-order chi connectivity index (χ0) is 17.7. The number of rotatable bonds is 7. The molecule has 2 aromatic rings. The zero-order valence-electron chi connectivity index (χ0n) is 14.5. The van der Waals surface area contributed by atoms with Gasteiger partial charge in [0.1, 0.15) is 5.75 Å². The highest BCUT2D eigenvalue weighted by atomic mass is 32.1. The third-order valence-corrected chi connectivity index (χ3v) is 4.33. The van der Waals surface area contributed by atoms with Crippen molar-refractivity contribution in [2.45, 2.75) is 40.2 Å². The van der Waals surface area contributed by atoms with Crippen LogP contribution in [0.1, 0.15) is 32.1 Å². The number of carbonyl (C=O) groups excluding carboxylic acids is 1. The summed E-state index contributed by atoms with van der Waals surface area (Å²) in [4.78, 5) is 17.3. The second-order valence-corrected chi connectivity index (χ2v) is 7.33. The molecular weight excluding hydrogens is 324 g/mol. The van der Waals surface area contributed by atoms with E-state index in [-0.39, 0.29) is 5.97 Å². The van der Waals surface area contributed by atoms with E-state index in [9.17, 15) is 4.79 Å². The smallest absolute Gasteiger partial charge is 0.347 e. The van der Waals surface area contributed by atoms with Gasteiger partial charge in [-0.05, 0) is 50.5 Å². The van der Waals surface area contributed by atoms with Crippen LogP contribution in [0, 0.1) is 12.8 Å². The van der Waals surface area contributed by atoms with Gasteiger partial charge in [-0.3, -0.25) is 0 Å². The molecule has 130 valence electrons. The van der Waals surface area contributed by atoms with Crippen molar-refractivity contribution in [3.8, 4) is 17.0 Å². The number of thiazole rings is 1. The first-order valence-corrected chi connectivity index (χ1v) is 8.85. The van der Waals surface area contributed by atoms with Gasteiger partial charge >= 0.3 is 5.97 Å². The molecule has 0 aliphatic rings. The number of aromatic nitrogens is 1. The first-order valence-electron chi connectivity index (χ1n) is 8.03. The van der Waals surface area contributed by atoms with E-state index in [4.69, 9.17) is 15.2 Å². The Kier molecular flexibility index (Phi) is 6.20. The van der Waals surface area contributed by atoms with Crippen molar-refractivity contribution in [2.75, 3.05) is 12.3 Å². The highest BCUT2D eigenvalue weighted by Gasteiger charge is 2.16. The fourth-order valence-electron chi connectivity index (χ4n) is 2.14. The molecule has 0 amide bonds. The molecule has 2 rings (SSSR count). The van der Waals surface area contributed by atoms with Crippen molar-refractivity contribution in [1.82, 2.24) is 4.98 Å². The number of hydrogen-bond acceptors (Lipinski definition) is 6. The topological polar surface area (TPSA) is 74.4 Å². The summed E-state index contributed by atoms with van der Waals surface area (Å²) >= 11 is 1.47. The number of benzene rings is 1. The molecule has 5 nitrogen and oxygen atoms in total. The molecule has 1 heterocycles. The number of nitrogens with two attached hydrogens (primary N) is 1. The maximum absolute atomic E-state index is 11.9. The molecule has 1 unspecified atom stereocenters. The molecule has 0 saturated heterocycles. The largest absolute Gasteiger partial charge is 0.479 e. The lowest BCUT2D eigenvalue weighted by atomic mass is 10.1. The van der Waals surface area contributed by atoms with Gasteiger partial charge in [-0.25, -0.2) is 9.78 Å². The number of aryl methyl sites for hydroxylation is 1. The number of nitrogen functional groups attached to an aromatic ring is 1. The summed E-state index contributed by atoms with van der Waals surface area (Å²) in [6, 6.07) is 7.46. The van der Waals surface area contributed by atoms with Crippen molar-refractivity contribution in [1.29, 1.82) is 0 Å². The van der Waals surface area contributed by atoms with Crippen molar-refractivity contribution >= 4 is 22.4 Å². The Balaban J connectivity index is 1.93. The van der Waals surface area contributed by atoms with Crippen LogP contribution in [0.5, 0.6) is 5.75 Å². The van der Waals surface area contributed by atoms with Gasteiger partial charge < -0.3 is 15.2 Å². The number of carbonyl (C=O) groups is 1. The molecule has 1 aromatic heterocycles. The Morgan fingerprint density at radius 2 is 1.92 bits per heavy atom. The van der Waals surface area contributed by atoms with Crippen LogP contribution in [-0.2, 0) is 9.53 Å². The van der Waals surface area contributed by atoms with Crippen LogP contribution in [0.3, 0.4) is 0 Å². The van der Waals surface area contributed by atoms with E-state index in [1.54, 1.807) is 6.92 Å². The molecule has 0 aliphatic carbocycles. The van der Waals surface area contributed by atoms with E-state index in [1.165, 1.54) is 11.3 Å². The lowest BCUT2D eigenvalue weighted by molar-refractivity contribution is -0.151. The van der Waals surface area contributed by atoms with Crippen LogP contribution < -0.4 is 10.5 Å². The molecule has 0 spiro atoms. The maximum atomic E-state index is 11.9. The van der Waals surface area contributed by atoms with Gasteiger partial charge in [0.05, 0.1) is 12.3 Å². The Morgan fingerprint density at radius 1 is 1.25 bits per heavy atom. The maximum Gasteiger partial charge on any atom is 0.347 e. The number of esters is 1. The number of hydrogen-bond donors (Lipinski definition) is 1. The van der Waals surface area contributed by atoms with Crippen molar-refractivity contribution in [3.05, 3.63) is 29.1 Å². The minimum atomic E-state index is -0.639. The van der Waals surface area contributed by atoms with Crippen LogP contribution in [0.2, 0.25) is 0 Å². The van der Waals surface area contributed by atoms with Gasteiger partial charge in [0.2, 0.25) is 0 Å². The van der Waals surface area contributed by atoms with Crippen molar-refractivity contribution < 1.29 is 14.3 Å². The molecule has 24 heavy (non-hydrogen) atoms. The molecule has 2 N–H and O–H groups in total. The molecule has 0 fully saturated rings. The molecule has 1 aromatic carbocycles. The Bertz CT molecular complexity index is 680. The van der Waals surface area contributed by atoms with Crippen LogP contribution >= 0.6 is 11.3 Å². The van der Waals surface area contributed by atoms with E-state index in [1.807, 2.05) is 31.2 Å². The second kappa shape index (κ2) is 8.15. The second-order valence-electron chi connectivity index (χ2n) is 6.09. The van der Waals surface area contributed by atoms with Crippen LogP contribution in [0.25, 0.3) is 11.3 Å². The van der Waals surface area contributed by atoms with E-state index >= 15 is 0 Å². The number of nitrogens with zero attached hydrogens (tertiary/aromatic N) is 1. The summed E-state index contributed by atoms with van der Waals surface area (Å²) in [6.07, 6.45) is 0.211. The average molecular weight is 348 g/mol. The predicted octanol–water partition coefficient (Wildman–Crippen LogP) is 4.06. The molecule has 0 aliphatic heterocycles. The van der Waals surface area contributed by atoms with Gasteiger partial charge in [0, 0.05) is 10.4 Å². The van der Waals surface area contributed by atoms with Gasteiger partial charge in [0.15, 0.2) is 11.2 Å². The zero-order valence-corrected chi connectivity index (χ0v) is 15.4. The SMILES string of the molecule is Cc1sc(N)nc1-c1ccc(OC(C)C(=O)OCCC(C)C)cc1. The fraction of sp³-hybridized carbons (Fsp3) is 0.444. The van der Waals surface area contributed by atoms with E-state index in [2.05, 4.69) is 18.8 Å². The summed E-state index contributed by atoms with van der Waals surface area (Å²) < 4.78 is 10.9. The fourth-order valence-corrected chi connectivity index (χ4v) is 2.85. The summed E-state index contributed by atoms with van der Waals surface area (Å²) in [5, 5.41) is 0.556. The third kappa shape index (κ3) is 4.96. The average Bonchev–Trinajstić information content (AvgIpc) is 2.86. The predicted molar refractivity (Wildman–Crippen MR) is 97.2 cm³/mol. The number of anilines is 1. The van der Waals surface area contributed by atoms with Gasteiger partial charge in [-0.15, -0.1) is 11.3 Å². The molecule has 0 radical (unpaired) electrons. The van der Waals surface area contributed by atoms with Crippen LogP contribution in [0.15, 0.2) is 24.3 Å². The highest BCUT2D eigenvalue weighted by Crippen LogP contribution is 2.29. The Hall–Kier alpha value is -2.08. The highest BCUT2D eigenvalue weighted by molar-refractivity contribution is 7.15. The first kappa shape index (κ1) is 18.3. The van der Waals surface area contributed by atoms with E-state index in [0.717, 1.165) is 22.6 Å². The van der Waals surface area contributed by atoms with Crippen molar-refractivity contribution in [3.63, 3.8) is 0 Å². The summed E-state index contributed by atoms with van der Waals surface area (Å²) in [5.74, 6) is 0.778. The lowest BCUT2D eigenvalue weighted by Crippen LogP contribution is -2.26. The first-order chi connectivity index (χ1) is 11.4. The van der Waals surface area contributed by atoms with Gasteiger partial charge in [0.25, 0.3) is 0 Å². The van der Waals surface area contributed by atoms with Crippen LogP contribution in [0.4, 0.5) is 5.13 Å². The minimum absolute atomic E-state index is 0.345. The lowest BCUT2D eigenvalue weighted by Gasteiger charge is -2.14. The molecule has 0 saturated carbocycles. The summed E-state index contributed by atoms with van der Waals surface area (Å²) in [5.41, 5.74) is 7.59.